The number of amides is 1. The van der Waals surface area contributed by atoms with Crippen LogP contribution in [0.3, 0.4) is 0 Å². The molecule has 12 nitrogen and oxygen atoms in total. The van der Waals surface area contributed by atoms with Crippen molar-refractivity contribution in [3.63, 3.8) is 0 Å². The predicted octanol–water partition coefficient (Wildman–Crippen LogP) is 2.01. The first-order chi connectivity index (χ1) is 17.9. The highest BCUT2D eigenvalue weighted by Gasteiger charge is 2.33. The summed E-state index contributed by atoms with van der Waals surface area (Å²) in [5, 5.41) is 20.6. The lowest BCUT2D eigenvalue weighted by Crippen LogP contribution is -2.33. The van der Waals surface area contributed by atoms with E-state index in [9.17, 15) is 9.59 Å². The zero-order valence-corrected chi connectivity index (χ0v) is 19.9. The number of nitrogens with zero attached hydrogens (tertiary/aromatic N) is 7. The van der Waals surface area contributed by atoms with Crippen LogP contribution in [0.5, 0.6) is 0 Å². The van der Waals surface area contributed by atoms with E-state index in [1.807, 2.05) is 0 Å². The number of aromatic nitrogens is 4. The number of aliphatic carboxylic acids is 1. The van der Waals surface area contributed by atoms with Gasteiger partial charge in [-0.3, -0.25) is 19.6 Å². The zero-order chi connectivity index (χ0) is 25.9. The predicted molar refractivity (Wildman–Crippen MR) is 128 cm³/mol. The summed E-state index contributed by atoms with van der Waals surface area (Å²) in [6.07, 6.45) is 4.03. The number of hydrogen-bond donors (Lipinski definition) is 1. The first-order valence-electron chi connectivity index (χ1n) is 11.6. The number of hydrogen-bond acceptors (Lipinski definition) is 9. The van der Waals surface area contributed by atoms with Gasteiger partial charge in [0.2, 0.25) is 0 Å². The average molecular weight is 509 g/mol. The Morgan fingerprint density at radius 3 is 2.84 bits per heavy atom. The van der Waals surface area contributed by atoms with Crippen molar-refractivity contribution in [2.24, 2.45) is 5.16 Å². The molecule has 37 heavy (non-hydrogen) atoms. The van der Waals surface area contributed by atoms with Gasteiger partial charge in [-0.15, -0.1) is 5.10 Å². The van der Waals surface area contributed by atoms with Gasteiger partial charge in [-0.05, 0) is 31.3 Å². The topological polar surface area (TPSA) is 135 Å². The quantitative estimate of drug-likeness (QED) is 0.459. The van der Waals surface area contributed by atoms with Crippen LogP contribution in [0.2, 0.25) is 0 Å². The monoisotopic (exact) mass is 509 g/mol. The number of carboxylic acids is 1. The molecule has 1 fully saturated rings. The average Bonchev–Trinajstić information content (AvgIpc) is 3.61. The Morgan fingerprint density at radius 2 is 2.14 bits per heavy atom. The Morgan fingerprint density at radius 1 is 1.27 bits per heavy atom. The molecule has 1 aromatic carbocycles. The number of anilines is 1. The van der Waals surface area contributed by atoms with Crippen LogP contribution < -0.4 is 4.90 Å². The molecule has 4 heterocycles. The van der Waals surface area contributed by atoms with Crippen molar-refractivity contribution in [1.29, 1.82) is 0 Å². The maximum absolute atomic E-state index is 15.1. The second-order valence-corrected chi connectivity index (χ2v) is 8.90. The van der Waals surface area contributed by atoms with E-state index in [-0.39, 0.29) is 19.2 Å². The number of halogens is 1. The van der Waals surface area contributed by atoms with Gasteiger partial charge < -0.3 is 14.7 Å². The van der Waals surface area contributed by atoms with Gasteiger partial charge in [0.1, 0.15) is 23.7 Å². The van der Waals surface area contributed by atoms with Crippen molar-refractivity contribution >= 4 is 23.5 Å². The smallest absolute Gasteiger partial charge is 0.414 e. The fraction of sp³-hybridized carbons (Fsp3) is 0.333. The lowest BCUT2D eigenvalue weighted by atomic mass is 10.0. The SMILES string of the molecule is CN(CC(=O)O)C[C@@H]1CC(c2ccc(-c3ccc(N4C[C@H](Cn5ccnn5)OC4=O)cc3F)cn2)=NO1. The van der Waals surface area contributed by atoms with Crippen LogP contribution in [-0.2, 0) is 20.9 Å². The number of ether oxygens (including phenoxy) is 1. The molecular formula is C24H24FN7O5. The first kappa shape index (κ1) is 24.3. The number of carboxylic acid groups (broad SMARTS) is 1. The fourth-order valence-electron chi connectivity index (χ4n) is 4.32. The van der Waals surface area contributed by atoms with Crippen molar-refractivity contribution in [3.8, 4) is 11.1 Å². The van der Waals surface area contributed by atoms with Crippen molar-refractivity contribution in [1.82, 2.24) is 24.9 Å². The Labute approximate surface area is 210 Å². The normalized spacial score (nSPS) is 19.2. The number of rotatable bonds is 9. The summed E-state index contributed by atoms with van der Waals surface area (Å²) in [6.45, 7) is 0.956. The van der Waals surface area contributed by atoms with E-state index in [4.69, 9.17) is 14.7 Å². The lowest BCUT2D eigenvalue weighted by Gasteiger charge is -2.17. The Balaban J connectivity index is 1.22. The molecule has 2 aromatic heterocycles. The molecule has 1 saturated heterocycles. The molecule has 3 aromatic rings. The third-order valence-corrected chi connectivity index (χ3v) is 6.02. The summed E-state index contributed by atoms with van der Waals surface area (Å²) in [6, 6.07) is 8.05. The Hall–Kier alpha value is -4.39. The highest BCUT2D eigenvalue weighted by atomic mass is 19.1. The maximum Gasteiger partial charge on any atom is 0.414 e. The summed E-state index contributed by atoms with van der Waals surface area (Å²) >= 11 is 0. The maximum atomic E-state index is 15.1. The van der Waals surface area contributed by atoms with Gasteiger partial charge in [0.25, 0.3) is 0 Å². The van der Waals surface area contributed by atoms with Gasteiger partial charge in [-0.25, -0.2) is 13.9 Å². The van der Waals surface area contributed by atoms with Gasteiger partial charge in [0.15, 0.2) is 0 Å². The highest BCUT2D eigenvalue weighted by Crippen LogP contribution is 2.29. The standard InChI is InChI=1S/C24H24FN7O5/c1-30(14-23(33)34)11-17-9-22(28-37-17)21-5-2-15(10-26-21)19-4-3-16(8-20(19)25)32-13-18(36-24(32)35)12-31-7-6-27-29-31/h2-8,10,17-18H,9,11-14H2,1H3,(H,33,34)/t17-,18-/m0/s1. The number of cyclic esters (lactones) is 1. The summed E-state index contributed by atoms with van der Waals surface area (Å²) < 4.78 is 22.0. The van der Waals surface area contributed by atoms with E-state index in [0.29, 0.717) is 47.7 Å². The molecule has 0 saturated carbocycles. The van der Waals surface area contributed by atoms with Crippen LogP contribution in [-0.4, -0.2) is 86.6 Å². The van der Waals surface area contributed by atoms with Crippen LogP contribution in [0.1, 0.15) is 12.1 Å². The number of carbonyl (C=O) groups excluding carboxylic acids is 1. The van der Waals surface area contributed by atoms with E-state index < -0.39 is 24.0 Å². The van der Waals surface area contributed by atoms with E-state index >= 15 is 4.39 Å². The second kappa shape index (κ2) is 10.3. The van der Waals surface area contributed by atoms with Gasteiger partial charge >= 0.3 is 12.1 Å². The molecule has 5 rings (SSSR count). The number of benzene rings is 1. The van der Waals surface area contributed by atoms with Crippen LogP contribution in [0.15, 0.2) is 54.1 Å². The second-order valence-electron chi connectivity index (χ2n) is 8.90. The van der Waals surface area contributed by atoms with Crippen molar-refractivity contribution < 1.29 is 28.7 Å². The van der Waals surface area contributed by atoms with Gasteiger partial charge in [0, 0.05) is 36.5 Å². The molecule has 2 atom stereocenters. The molecule has 2 aliphatic rings. The summed E-state index contributed by atoms with van der Waals surface area (Å²) in [5.74, 6) is -1.41. The molecule has 0 radical (unpaired) electrons. The van der Waals surface area contributed by atoms with Crippen LogP contribution >= 0.6 is 0 Å². The van der Waals surface area contributed by atoms with Gasteiger partial charge in [0.05, 0.1) is 37.2 Å². The Kier molecular flexibility index (Phi) is 6.77. The minimum atomic E-state index is -0.910. The summed E-state index contributed by atoms with van der Waals surface area (Å²) in [4.78, 5) is 36.0. The molecule has 0 unspecified atom stereocenters. The molecule has 0 bridgehead atoms. The van der Waals surface area contributed by atoms with Crippen molar-refractivity contribution in [3.05, 3.63) is 60.4 Å². The number of likely N-dealkylation sites (N-methyl/N-ethyl adjacent to an activating group) is 1. The summed E-state index contributed by atoms with van der Waals surface area (Å²) in [5.41, 5.74) is 2.55. The lowest BCUT2D eigenvalue weighted by molar-refractivity contribution is -0.138. The first-order valence-corrected chi connectivity index (χ1v) is 11.6. The van der Waals surface area contributed by atoms with Crippen LogP contribution in [0.25, 0.3) is 11.1 Å². The minimum Gasteiger partial charge on any atom is -0.480 e. The number of pyridine rings is 1. The molecule has 2 aliphatic heterocycles. The minimum absolute atomic E-state index is 0.0883. The molecule has 13 heteroatoms. The van der Waals surface area contributed by atoms with Gasteiger partial charge in [-0.1, -0.05) is 16.4 Å². The van der Waals surface area contributed by atoms with Crippen molar-refractivity contribution in [2.45, 2.75) is 25.2 Å². The molecular weight excluding hydrogens is 485 g/mol. The van der Waals surface area contributed by atoms with E-state index in [1.54, 1.807) is 59.5 Å². The highest BCUT2D eigenvalue weighted by molar-refractivity contribution is 5.99. The van der Waals surface area contributed by atoms with Crippen LogP contribution in [0, 0.1) is 5.82 Å². The molecule has 192 valence electrons. The van der Waals surface area contributed by atoms with E-state index in [1.165, 1.54) is 11.0 Å². The molecule has 0 aliphatic carbocycles. The number of carbonyl (C=O) groups is 2. The summed E-state index contributed by atoms with van der Waals surface area (Å²) in [7, 11) is 1.70. The van der Waals surface area contributed by atoms with E-state index in [0.717, 1.165) is 0 Å². The molecule has 0 spiro atoms. The molecule has 1 amide bonds. The van der Waals surface area contributed by atoms with E-state index in [2.05, 4.69) is 20.5 Å². The largest absolute Gasteiger partial charge is 0.480 e. The third-order valence-electron chi connectivity index (χ3n) is 6.02. The number of oxime groups is 1. The van der Waals surface area contributed by atoms with Crippen LogP contribution in [0.4, 0.5) is 14.9 Å². The zero-order valence-electron chi connectivity index (χ0n) is 19.9. The molecule has 1 N–H and O–H groups in total. The van der Waals surface area contributed by atoms with Crippen molar-refractivity contribution in [2.75, 3.05) is 31.6 Å². The van der Waals surface area contributed by atoms with Gasteiger partial charge in [-0.2, -0.15) is 0 Å². The third kappa shape index (κ3) is 5.56. The fourth-order valence-corrected chi connectivity index (χ4v) is 4.32. The Bertz CT molecular complexity index is 1320.